The Morgan fingerprint density at radius 2 is 1.92 bits per heavy atom. The maximum atomic E-state index is 12.8. The number of carbonyl (C=O) groups is 1. The van der Waals surface area contributed by atoms with Gasteiger partial charge in [-0.25, -0.2) is 8.42 Å². The summed E-state index contributed by atoms with van der Waals surface area (Å²) < 4.78 is 26.9. The van der Waals surface area contributed by atoms with E-state index in [-0.39, 0.29) is 15.5 Å². The van der Waals surface area contributed by atoms with Crippen LogP contribution in [0, 0.1) is 0 Å². The molecule has 2 aromatic heterocycles. The van der Waals surface area contributed by atoms with Gasteiger partial charge in [0.25, 0.3) is 5.91 Å². The van der Waals surface area contributed by atoms with Crippen molar-refractivity contribution in [2.75, 3.05) is 5.32 Å². The number of halogens is 1. The summed E-state index contributed by atoms with van der Waals surface area (Å²) >= 11 is 6.99. The molecule has 1 aromatic carbocycles. The number of aromatic nitrogens is 2. The summed E-state index contributed by atoms with van der Waals surface area (Å²) in [4.78, 5) is 12.4. The zero-order valence-corrected chi connectivity index (χ0v) is 14.8. The summed E-state index contributed by atoms with van der Waals surface area (Å²) in [6.45, 7) is 0. The van der Waals surface area contributed by atoms with Crippen molar-refractivity contribution < 1.29 is 13.2 Å². The number of anilines is 1. The van der Waals surface area contributed by atoms with E-state index in [4.69, 9.17) is 11.6 Å². The van der Waals surface area contributed by atoms with Crippen molar-refractivity contribution in [1.29, 1.82) is 0 Å². The number of carbonyl (C=O) groups excluding carboxylic acids is 1. The summed E-state index contributed by atoms with van der Waals surface area (Å²) in [7, 11) is -2.12. The molecule has 0 aliphatic carbocycles. The van der Waals surface area contributed by atoms with Gasteiger partial charge in [0, 0.05) is 29.0 Å². The molecule has 3 aromatic rings. The Balaban J connectivity index is 1.94. The largest absolute Gasteiger partial charge is 0.319 e. The fourth-order valence-corrected chi connectivity index (χ4v) is 4.77. The number of rotatable bonds is 4. The molecule has 6 nitrogen and oxygen atoms in total. The van der Waals surface area contributed by atoms with Crippen molar-refractivity contribution in [3.8, 4) is 0 Å². The Bertz CT molecular complexity index is 991. The molecule has 0 saturated heterocycles. The Kier molecular flexibility index (Phi) is 4.44. The van der Waals surface area contributed by atoms with Crippen molar-refractivity contribution in [2.24, 2.45) is 7.05 Å². The molecule has 0 bridgehead atoms. The first kappa shape index (κ1) is 16.7. The van der Waals surface area contributed by atoms with Gasteiger partial charge in [0.15, 0.2) is 0 Å². The number of thiophene rings is 1. The van der Waals surface area contributed by atoms with E-state index >= 15 is 0 Å². The zero-order chi connectivity index (χ0) is 17.3. The maximum absolute atomic E-state index is 12.8. The summed E-state index contributed by atoms with van der Waals surface area (Å²) in [6.07, 6.45) is 1.49. The highest BCUT2D eigenvalue weighted by molar-refractivity contribution is 7.91. The molecule has 2 heterocycles. The number of sulfone groups is 1. The molecule has 124 valence electrons. The fraction of sp³-hybridized carbons (Fsp3) is 0.0667. The topological polar surface area (TPSA) is 81.1 Å². The Hall–Kier alpha value is -2.16. The molecule has 0 unspecified atom stereocenters. The minimum atomic E-state index is -3.75. The van der Waals surface area contributed by atoms with Crippen molar-refractivity contribution in [2.45, 2.75) is 9.79 Å². The van der Waals surface area contributed by atoms with E-state index in [0.717, 1.165) is 0 Å². The van der Waals surface area contributed by atoms with Crippen molar-refractivity contribution in [3.05, 3.63) is 58.0 Å². The fourth-order valence-electron chi connectivity index (χ4n) is 2.11. The van der Waals surface area contributed by atoms with Crippen LogP contribution in [0.5, 0.6) is 0 Å². The molecule has 0 atom stereocenters. The number of amides is 1. The molecule has 1 amide bonds. The van der Waals surface area contributed by atoms with Crippen LogP contribution in [-0.4, -0.2) is 24.1 Å². The monoisotopic (exact) mass is 381 g/mol. The van der Waals surface area contributed by atoms with E-state index in [1.807, 2.05) is 0 Å². The van der Waals surface area contributed by atoms with Crippen LogP contribution < -0.4 is 5.32 Å². The second-order valence-electron chi connectivity index (χ2n) is 4.90. The summed E-state index contributed by atoms with van der Waals surface area (Å²) in [5.74, 6) is -0.430. The predicted octanol–water partition coefficient (Wildman–Crippen LogP) is 3.22. The Morgan fingerprint density at radius 3 is 2.54 bits per heavy atom. The van der Waals surface area contributed by atoms with Gasteiger partial charge in [-0.05, 0) is 30.3 Å². The van der Waals surface area contributed by atoms with Gasteiger partial charge in [-0.2, -0.15) is 5.10 Å². The van der Waals surface area contributed by atoms with E-state index in [1.165, 1.54) is 51.9 Å². The molecule has 0 saturated carbocycles. The number of benzene rings is 1. The van der Waals surface area contributed by atoms with Crippen LogP contribution in [0.15, 0.2) is 57.1 Å². The van der Waals surface area contributed by atoms with Gasteiger partial charge in [-0.3, -0.25) is 9.48 Å². The lowest BCUT2D eigenvalue weighted by molar-refractivity contribution is 0.101. The third-order valence-corrected chi connectivity index (χ3v) is 6.30. The molecule has 0 fully saturated rings. The van der Waals surface area contributed by atoms with Gasteiger partial charge < -0.3 is 5.32 Å². The average Bonchev–Trinajstić information content (AvgIpc) is 3.16. The number of aryl methyl sites for hydroxylation is 1. The van der Waals surface area contributed by atoms with Gasteiger partial charge in [-0.15, -0.1) is 11.3 Å². The van der Waals surface area contributed by atoms with Gasteiger partial charge in [0.1, 0.15) is 10.6 Å². The molecule has 0 aliphatic heterocycles. The minimum absolute atomic E-state index is 0.0466. The van der Waals surface area contributed by atoms with Crippen LogP contribution in [-0.2, 0) is 16.9 Å². The molecule has 0 radical (unpaired) electrons. The maximum Gasteiger partial charge on any atom is 0.273 e. The van der Waals surface area contributed by atoms with Crippen LogP contribution in [0.3, 0.4) is 0 Å². The average molecular weight is 382 g/mol. The van der Waals surface area contributed by atoms with Gasteiger partial charge in [0.05, 0.1) is 10.6 Å². The molecule has 0 aliphatic rings. The molecule has 24 heavy (non-hydrogen) atoms. The van der Waals surface area contributed by atoms with Crippen LogP contribution in [0.2, 0.25) is 5.02 Å². The van der Waals surface area contributed by atoms with E-state index < -0.39 is 15.7 Å². The summed E-state index contributed by atoms with van der Waals surface area (Å²) in [5.41, 5.74) is 0.567. The molecule has 3 rings (SSSR count). The first-order valence-corrected chi connectivity index (χ1v) is 9.56. The second-order valence-corrected chi connectivity index (χ2v) is 8.00. The first-order chi connectivity index (χ1) is 11.4. The molecule has 0 spiro atoms. The quantitative estimate of drug-likeness (QED) is 0.752. The number of nitrogens with one attached hydrogen (secondary N) is 1. The smallest absolute Gasteiger partial charge is 0.273 e. The SMILES string of the molecule is Cn1nccc1C(=O)Nc1cscc1S(=O)(=O)c1ccc(Cl)cc1. The molecular formula is C15H12ClN3O3S2. The first-order valence-electron chi connectivity index (χ1n) is 6.76. The van der Waals surface area contributed by atoms with Crippen molar-refractivity contribution in [3.63, 3.8) is 0 Å². The summed E-state index contributed by atoms with van der Waals surface area (Å²) in [6, 6.07) is 7.43. The summed E-state index contributed by atoms with van der Waals surface area (Å²) in [5, 5.41) is 10.1. The second kappa shape index (κ2) is 6.39. The number of nitrogens with zero attached hydrogens (tertiary/aromatic N) is 2. The highest BCUT2D eigenvalue weighted by Gasteiger charge is 2.24. The van der Waals surface area contributed by atoms with Crippen molar-refractivity contribution >= 4 is 44.4 Å². The molecule has 9 heteroatoms. The van der Waals surface area contributed by atoms with Crippen LogP contribution in [0.4, 0.5) is 5.69 Å². The minimum Gasteiger partial charge on any atom is -0.319 e. The van der Waals surface area contributed by atoms with E-state index in [0.29, 0.717) is 10.7 Å². The van der Waals surface area contributed by atoms with E-state index in [1.54, 1.807) is 18.5 Å². The van der Waals surface area contributed by atoms with Gasteiger partial charge >= 0.3 is 0 Å². The van der Waals surface area contributed by atoms with Crippen molar-refractivity contribution in [1.82, 2.24) is 9.78 Å². The molecular weight excluding hydrogens is 370 g/mol. The van der Waals surface area contributed by atoms with Crippen LogP contribution >= 0.6 is 22.9 Å². The van der Waals surface area contributed by atoms with Crippen LogP contribution in [0.1, 0.15) is 10.5 Å². The lowest BCUT2D eigenvalue weighted by Gasteiger charge is -2.08. The van der Waals surface area contributed by atoms with Gasteiger partial charge in [-0.1, -0.05) is 11.6 Å². The normalized spacial score (nSPS) is 11.4. The third-order valence-electron chi connectivity index (χ3n) is 3.34. The van der Waals surface area contributed by atoms with Gasteiger partial charge in [0.2, 0.25) is 9.84 Å². The van der Waals surface area contributed by atoms with E-state index in [2.05, 4.69) is 10.4 Å². The number of hydrogen-bond donors (Lipinski definition) is 1. The number of hydrogen-bond acceptors (Lipinski definition) is 5. The predicted molar refractivity (Wildman–Crippen MR) is 92.4 cm³/mol. The highest BCUT2D eigenvalue weighted by atomic mass is 35.5. The lowest BCUT2D eigenvalue weighted by Crippen LogP contribution is -2.17. The molecule has 1 N–H and O–H groups in total. The third kappa shape index (κ3) is 3.08. The Morgan fingerprint density at radius 1 is 1.21 bits per heavy atom. The lowest BCUT2D eigenvalue weighted by atomic mass is 10.4. The standard InChI is InChI=1S/C15H12ClN3O3S2/c1-19-13(6-7-17-19)15(20)18-12-8-23-9-14(12)24(21,22)11-4-2-10(16)3-5-11/h2-9H,1H3,(H,18,20). The zero-order valence-electron chi connectivity index (χ0n) is 12.4. The van der Waals surface area contributed by atoms with Crippen LogP contribution in [0.25, 0.3) is 0 Å². The van der Waals surface area contributed by atoms with E-state index in [9.17, 15) is 13.2 Å². The Labute approximate surface area is 147 Å². The highest BCUT2D eigenvalue weighted by Crippen LogP contribution is 2.31.